The van der Waals surface area contributed by atoms with E-state index in [2.05, 4.69) is 51.8 Å². The third-order valence-corrected chi connectivity index (χ3v) is 5.34. The zero-order chi connectivity index (χ0) is 18.9. The molecule has 0 aromatic rings. The standard InChI is InChI=1S/C24H45N/c1-7-12-15-22(6)18-19-25(20-23(10-4)16-13-8-2)21-24(11-5)17-14-9-3/h7,12,15,23-24H,1,6,8-11,13-14,16-21H2,2-5H3. The SMILES string of the molecule is C=CC=CC(=C)CCN(CC(CC)CCCC)CC(CC)CCCC. The lowest BCUT2D eigenvalue weighted by atomic mass is 9.95. The fourth-order valence-corrected chi connectivity index (χ4v) is 3.41. The molecule has 2 atom stereocenters. The van der Waals surface area contributed by atoms with Crippen molar-refractivity contribution in [2.45, 2.75) is 85.5 Å². The van der Waals surface area contributed by atoms with Crippen molar-refractivity contribution >= 4 is 0 Å². The summed E-state index contributed by atoms with van der Waals surface area (Å²) in [7, 11) is 0. The van der Waals surface area contributed by atoms with Gasteiger partial charge in [0.05, 0.1) is 0 Å². The first kappa shape index (κ1) is 24.2. The van der Waals surface area contributed by atoms with E-state index in [1.807, 2.05) is 12.2 Å². The van der Waals surface area contributed by atoms with Crippen LogP contribution in [0.15, 0.2) is 37.0 Å². The fraction of sp³-hybridized carbons (Fsp3) is 0.750. The number of rotatable bonds is 17. The number of hydrogen-bond donors (Lipinski definition) is 0. The molecule has 0 rings (SSSR count). The molecule has 2 unspecified atom stereocenters. The van der Waals surface area contributed by atoms with Crippen LogP contribution >= 0.6 is 0 Å². The Morgan fingerprint density at radius 2 is 1.44 bits per heavy atom. The van der Waals surface area contributed by atoms with Crippen molar-refractivity contribution in [3.63, 3.8) is 0 Å². The van der Waals surface area contributed by atoms with Crippen molar-refractivity contribution < 1.29 is 0 Å². The summed E-state index contributed by atoms with van der Waals surface area (Å²) in [5, 5.41) is 0. The second-order valence-electron chi connectivity index (χ2n) is 7.60. The second kappa shape index (κ2) is 16.6. The van der Waals surface area contributed by atoms with Crippen molar-refractivity contribution in [3.8, 4) is 0 Å². The van der Waals surface area contributed by atoms with Crippen LogP contribution < -0.4 is 0 Å². The Morgan fingerprint density at radius 3 is 1.84 bits per heavy atom. The zero-order valence-corrected chi connectivity index (χ0v) is 17.7. The van der Waals surface area contributed by atoms with E-state index < -0.39 is 0 Å². The summed E-state index contributed by atoms with van der Waals surface area (Å²) in [4.78, 5) is 2.74. The molecule has 146 valence electrons. The Bertz CT molecular complexity index is 337. The maximum Gasteiger partial charge on any atom is 0.00218 e. The fourth-order valence-electron chi connectivity index (χ4n) is 3.41. The van der Waals surface area contributed by atoms with Gasteiger partial charge in [-0.1, -0.05) is 103 Å². The van der Waals surface area contributed by atoms with Crippen molar-refractivity contribution in [1.29, 1.82) is 0 Å². The average molecular weight is 348 g/mol. The maximum absolute atomic E-state index is 4.20. The van der Waals surface area contributed by atoms with Crippen LogP contribution in [-0.4, -0.2) is 24.5 Å². The van der Waals surface area contributed by atoms with Crippen LogP contribution in [0.4, 0.5) is 0 Å². The average Bonchev–Trinajstić information content (AvgIpc) is 2.63. The molecule has 0 aromatic carbocycles. The van der Waals surface area contributed by atoms with E-state index in [-0.39, 0.29) is 0 Å². The van der Waals surface area contributed by atoms with Crippen LogP contribution in [0.5, 0.6) is 0 Å². The molecule has 0 saturated heterocycles. The topological polar surface area (TPSA) is 3.24 Å². The quantitative estimate of drug-likeness (QED) is 0.248. The summed E-state index contributed by atoms with van der Waals surface area (Å²) in [5.74, 6) is 1.70. The van der Waals surface area contributed by atoms with Gasteiger partial charge in [0, 0.05) is 19.6 Å². The van der Waals surface area contributed by atoms with Crippen LogP contribution in [0.2, 0.25) is 0 Å². The van der Waals surface area contributed by atoms with Gasteiger partial charge in [0.2, 0.25) is 0 Å². The molecule has 0 aromatic heterocycles. The maximum atomic E-state index is 4.20. The van der Waals surface area contributed by atoms with Crippen LogP contribution in [0, 0.1) is 11.8 Å². The van der Waals surface area contributed by atoms with Crippen LogP contribution in [0.1, 0.15) is 85.5 Å². The Morgan fingerprint density at radius 1 is 0.920 bits per heavy atom. The molecule has 0 saturated carbocycles. The minimum Gasteiger partial charge on any atom is -0.302 e. The molecule has 0 amide bonds. The van der Waals surface area contributed by atoms with Gasteiger partial charge in [-0.3, -0.25) is 0 Å². The van der Waals surface area contributed by atoms with Crippen molar-refractivity contribution in [1.82, 2.24) is 4.90 Å². The summed E-state index contributed by atoms with van der Waals surface area (Å²) in [5.41, 5.74) is 1.22. The molecule has 0 aliphatic carbocycles. The van der Waals surface area contributed by atoms with E-state index in [4.69, 9.17) is 0 Å². The first-order chi connectivity index (χ1) is 12.1. The van der Waals surface area contributed by atoms with Gasteiger partial charge in [-0.15, -0.1) is 0 Å². The molecule has 1 heteroatoms. The Balaban J connectivity index is 4.73. The van der Waals surface area contributed by atoms with E-state index in [1.165, 1.54) is 70.0 Å². The van der Waals surface area contributed by atoms with E-state index in [1.54, 1.807) is 0 Å². The molecule has 0 spiro atoms. The van der Waals surface area contributed by atoms with Crippen LogP contribution in [0.3, 0.4) is 0 Å². The lowest BCUT2D eigenvalue weighted by Gasteiger charge is -2.30. The molecule has 0 bridgehead atoms. The van der Waals surface area contributed by atoms with Gasteiger partial charge < -0.3 is 4.90 Å². The Kier molecular flexibility index (Phi) is 16.1. The summed E-state index contributed by atoms with van der Waals surface area (Å²) < 4.78 is 0. The van der Waals surface area contributed by atoms with Crippen LogP contribution in [-0.2, 0) is 0 Å². The van der Waals surface area contributed by atoms with Crippen molar-refractivity contribution in [2.24, 2.45) is 11.8 Å². The molecular weight excluding hydrogens is 302 g/mol. The Hall–Kier alpha value is -0.820. The van der Waals surface area contributed by atoms with Crippen LogP contribution in [0.25, 0.3) is 0 Å². The first-order valence-corrected chi connectivity index (χ1v) is 10.8. The van der Waals surface area contributed by atoms with E-state index in [0.29, 0.717) is 0 Å². The zero-order valence-electron chi connectivity index (χ0n) is 17.7. The monoisotopic (exact) mass is 347 g/mol. The first-order valence-electron chi connectivity index (χ1n) is 10.8. The number of nitrogens with zero attached hydrogens (tertiary/aromatic N) is 1. The highest BCUT2D eigenvalue weighted by Crippen LogP contribution is 2.19. The minimum atomic E-state index is 0.848. The molecule has 1 nitrogen and oxygen atoms in total. The Labute approximate surface area is 159 Å². The predicted molar refractivity (Wildman–Crippen MR) is 116 cm³/mol. The van der Waals surface area contributed by atoms with Gasteiger partial charge in [-0.2, -0.15) is 0 Å². The molecule has 0 N–H and O–H groups in total. The highest BCUT2D eigenvalue weighted by Gasteiger charge is 2.16. The number of unbranched alkanes of at least 4 members (excludes halogenated alkanes) is 2. The largest absolute Gasteiger partial charge is 0.302 e. The highest BCUT2D eigenvalue weighted by molar-refractivity contribution is 5.18. The normalized spacial score (nSPS) is 14.1. The molecular formula is C24H45N. The summed E-state index contributed by atoms with van der Waals surface area (Å²) in [6, 6.07) is 0. The molecule has 0 fully saturated rings. The van der Waals surface area contributed by atoms with E-state index >= 15 is 0 Å². The summed E-state index contributed by atoms with van der Waals surface area (Å²) in [6.07, 6.45) is 17.7. The van der Waals surface area contributed by atoms with E-state index in [0.717, 1.165) is 24.8 Å². The van der Waals surface area contributed by atoms with Gasteiger partial charge in [0.15, 0.2) is 0 Å². The van der Waals surface area contributed by atoms with Crippen molar-refractivity contribution in [3.05, 3.63) is 37.0 Å². The lowest BCUT2D eigenvalue weighted by molar-refractivity contribution is 0.183. The predicted octanol–water partition coefficient (Wildman–Crippen LogP) is 7.41. The third-order valence-electron chi connectivity index (χ3n) is 5.34. The van der Waals surface area contributed by atoms with Gasteiger partial charge in [0.1, 0.15) is 0 Å². The molecule has 0 heterocycles. The van der Waals surface area contributed by atoms with Gasteiger partial charge in [0.25, 0.3) is 0 Å². The third kappa shape index (κ3) is 13.1. The van der Waals surface area contributed by atoms with Gasteiger partial charge in [-0.25, -0.2) is 0 Å². The van der Waals surface area contributed by atoms with E-state index in [9.17, 15) is 0 Å². The highest BCUT2D eigenvalue weighted by atomic mass is 15.1. The number of hydrogen-bond acceptors (Lipinski definition) is 1. The number of allylic oxidation sites excluding steroid dienone is 3. The smallest absolute Gasteiger partial charge is 0.00218 e. The second-order valence-corrected chi connectivity index (χ2v) is 7.60. The van der Waals surface area contributed by atoms with Gasteiger partial charge >= 0.3 is 0 Å². The molecule has 0 aliphatic heterocycles. The minimum absolute atomic E-state index is 0.848. The lowest BCUT2D eigenvalue weighted by Crippen LogP contribution is -2.35. The molecule has 0 aliphatic rings. The summed E-state index contributed by atoms with van der Waals surface area (Å²) >= 11 is 0. The molecule has 25 heavy (non-hydrogen) atoms. The van der Waals surface area contributed by atoms with Crippen molar-refractivity contribution in [2.75, 3.05) is 19.6 Å². The summed E-state index contributed by atoms with van der Waals surface area (Å²) in [6.45, 7) is 20.9. The molecule has 0 radical (unpaired) electrons. The van der Waals surface area contributed by atoms with Gasteiger partial charge in [-0.05, 0) is 31.1 Å².